The molecule has 8 nitrogen and oxygen atoms in total. The summed E-state index contributed by atoms with van der Waals surface area (Å²) in [5.74, 6) is 1.77. The molecule has 0 bridgehead atoms. The highest BCUT2D eigenvalue weighted by atomic mass is 32.2. The molecule has 2 fully saturated rings. The first kappa shape index (κ1) is 18.3. The Kier molecular flexibility index (Phi) is 5.45. The Hall–Kier alpha value is -1.45. The molecule has 1 aromatic heterocycles. The highest BCUT2D eigenvalue weighted by molar-refractivity contribution is 7.91. The first-order chi connectivity index (χ1) is 11.8. The van der Waals surface area contributed by atoms with E-state index in [-0.39, 0.29) is 23.4 Å². The fraction of sp³-hybridized carbons (Fsp3) is 0.750. The van der Waals surface area contributed by atoms with Crippen molar-refractivity contribution in [2.75, 3.05) is 54.9 Å². The van der Waals surface area contributed by atoms with E-state index in [9.17, 15) is 13.5 Å². The van der Waals surface area contributed by atoms with Gasteiger partial charge in [-0.1, -0.05) is 0 Å². The minimum Gasteiger partial charge on any atom is -0.392 e. The van der Waals surface area contributed by atoms with E-state index in [1.165, 1.54) is 0 Å². The van der Waals surface area contributed by atoms with Gasteiger partial charge in [-0.3, -0.25) is 4.90 Å². The van der Waals surface area contributed by atoms with Crippen LogP contribution in [0.5, 0.6) is 0 Å². The van der Waals surface area contributed by atoms with Gasteiger partial charge in [0.05, 0.1) is 17.6 Å². The van der Waals surface area contributed by atoms with Gasteiger partial charge in [0, 0.05) is 44.5 Å². The molecule has 2 aliphatic rings. The smallest absolute Gasteiger partial charge is 0.222 e. The summed E-state index contributed by atoms with van der Waals surface area (Å²) >= 11 is 0. The van der Waals surface area contributed by atoms with Gasteiger partial charge in [0.2, 0.25) is 5.95 Å². The zero-order valence-corrected chi connectivity index (χ0v) is 15.5. The number of anilines is 2. The molecule has 2 saturated heterocycles. The van der Waals surface area contributed by atoms with E-state index in [0.717, 1.165) is 37.4 Å². The predicted molar refractivity (Wildman–Crippen MR) is 97.2 cm³/mol. The summed E-state index contributed by atoms with van der Waals surface area (Å²) in [6.07, 6.45) is 1.35. The topological polar surface area (TPSA) is 113 Å². The molecule has 1 aromatic rings. The number of piperidine rings is 1. The first-order valence-corrected chi connectivity index (χ1v) is 10.6. The quantitative estimate of drug-likeness (QED) is 0.742. The Morgan fingerprint density at radius 2 is 1.88 bits per heavy atom. The molecule has 3 N–H and O–H groups in total. The van der Waals surface area contributed by atoms with Gasteiger partial charge < -0.3 is 15.7 Å². The molecule has 140 valence electrons. The molecule has 0 amide bonds. The molecular formula is C16H27N5O3S. The summed E-state index contributed by atoms with van der Waals surface area (Å²) in [6, 6.07) is 1.93. The second-order valence-corrected chi connectivity index (χ2v) is 9.37. The van der Waals surface area contributed by atoms with Crippen molar-refractivity contribution in [1.29, 1.82) is 0 Å². The van der Waals surface area contributed by atoms with Crippen LogP contribution in [0.3, 0.4) is 0 Å². The fourth-order valence-corrected chi connectivity index (χ4v) is 4.87. The lowest BCUT2D eigenvalue weighted by atomic mass is 9.91. The van der Waals surface area contributed by atoms with Gasteiger partial charge in [0.25, 0.3) is 0 Å². The van der Waals surface area contributed by atoms with Crippen LogP contribution in [-0.4, -0.2) is 78.7 Å². The van der Waals surface area contributed by atoms with Gasteiger partial charge >= 0.3 is 0 Å². The average molecular weight is 369 g/mol. The van der Waals surface area contributed by atoms with Gasteiger partial charge in [-0.25, -0.2) is 13.4 Å². The van der Waals surface area contributed by atoms with E-state index in [4.69, 9.17) is 5.73 Å². The maximum Gasteiger partial charge on any atom is 0.222 e. The van der Waals surface area contributed by atoms with Crippen molar-refractivity contribution in [2.24, 2.45) is 5.92 Å². The predicted octanol–water partition coefficient (Wildman–Crippen LogP) is -0.325. The summed E-state index contributed by atoms with van der Waals surface area (Å²) in [5, 5.41) is 10.5. The Labute approximate surface area is 149 Å². The molecule has 0 spiro atoms. The number of aliphatic hydroxyl groups excluding tert-OH is 1. The van der Waals surface area contributed by atoms with Gasteiger partial charge in [-0.15, -0.1) is 0 Å². The van der Waals surface area contributed by atoms with Crippen molar-refractivity contribution in [3.8, 4) is 0 Å². The van der Waals surface area contributed by atoms with Crippen molar-refractivity contribution >= 4 is 21.6 Å². The van der Waals surface area contributed by atoms with Gasteiger partial charge in [0.15, 0.2) is 9.84 Å². The molecule has 0 radical (unpaired) electrons. The van der Waals surface area contributed by atoms with Gasteiger partial charge in [-0.2, -0.15) is 4.98 Å². The van der Waals surface area contributed by atoms with E-state index < -0.39 is 15.9 Å². The molecule has 9 heteroatoms. The number of hydrogen-bond donors (Lipinski definition) is 2. The summed E-state index contributed by atoms with van der Waals surface area (Å²) in [7, 11) is -2.87. The molecule has 2 aliphatic heterocycles. The van der Waals surface area contributed by atoms with Crippen LogP contribution in [-0.2, 0) is 9.84 Å². The van der Waals surface area contributed by atoms with Crippen LogP contribution >= 0.6 is 0 Å². The number of sulfone groups is 1. The van der Waals surface area contributed by atoms with Crippen molar-refractivity contribution in [1.82, 2.24) is 14.9 Å². The fourth-order valence-electron chi connectivity index (χ4n) is 3.60. The number of β-amino-alcohol motifs (C(OH)–C–C–N with tert-alkyl or cyclic N) is 1. The lowest BCUT2D eigenvalue weighted by Crippen LogP contribution is -2.47. The molecule has 0 saturated carbocycles. The Bertz CT molecular complexity index is 669. The molecule has 0 aliphatic carbocycles. The number of nitrogens with zero attached hydrogens (tertiary/aromatic N) is 4. The minimum atomic E-state index is -2.87. The summed E-state index contributed by atoms with van der Waals surface area (Å²) in [6.45, 7) is 5.16. The van der Waals surface area contributed by atoms with E-state index in [1.54, 1.807) is 0 Å². The van der Waals surface area contributed by atoms with Crippen LogP contribution in [0.25, 0.3) is 0 Å². The lowest BCUT2D eigenvalue weighted by Gasteiger charge is -2.37. The Balaban J connectivity index is 1.50. The Morgan fingerprint density at radius 3 is 2.48 bits per heavy atom. The van der Waals surface area contributed by atoms with Crippen LogP contribution in [0.2, 0.25) is 0 Å². The number of aromatic nitrogens is 2. The van der Waals surface area contributed by atoms with E-state index >= 15 is 0 Å². The van der Waals surface area contributed by atoms with E-state index in [1.807, 2.05) is 13.0 Å². The highest BCUT2D eigenvalue weighted by Crippen LogP contribution is 2.25. The number of aryl methyl sites for hydroxylation is 1. The summed E-state index contributed by atoms with van der Waals surface area (Å²) in [5.41, 5.74) is 6.58. The number of aliphatic hydroxyl groups is 1. The lowest BCUT2D eigenvalue weighted by molar-refractivity contribution is 0.0557. The van der Waals surface area contributed by atoms with E-state index in [0.29, 0.717) is 19.6 Å². The van der Waals surface area contributed by atoms with Crippen LogP contribution in [0.1, 0.15) is 18.5 Å². The molecule has 25 heavy (non-hydrogen) atoms. The second kappa shape index (κ2) is 7.43. The van der Waals surface area contributed by atoms with E-state index in [2.05, 4.69) is 19.8 Å². The first-order valence-electron chi connectivity index (χ1n) is 8.79. The molecule has 3 heterocycles. The van der Waals surface area contributed by atoms with Crippen molar-refractivity contribution < 1.29 is 13.5 Å². The molecule has 0 aromatic carbocycles. The number of hydrogen-bond acceptors (Lipinski definition) is 8. The van der Waals surface area contributed by atoms with Crippen molar-refractivity contribution in [3.05, 3.63) is 11.8 Å². The molecule has 1 unspecified atom stereocenters. The normalized spacial score (nSPS) is 23.5. The molecule has 3 rings (SSSR count). The maximum absolute atomic E-state index is 11.5. The third-order valence-electron chi connectivity index (χ3n) is 5.15. The van der Waals surface area contributed by atoms with Crippen molar-refractivity contribution in [2.45, 2.75) is 25.9 Å². The standard InChI is InChI=1S/C16H27N5O3S/c1-12-10-15(19-16(17)18-12)21-4-2-13(3-5-21)14(22)11-20-6-8-25(23,24)9-7-20/h10,13-14,22H,2-9,11H2,1H3,(H2,17,18,19). The van der Waals surface area contributed by atoms with Crippen LogP contribution in [0.4, 0.5) is 11.8 Å². The zero-order valence-electron chi connectivity index (χ0n) is 14.6. The SMILES string of the molecule is Cc1cc(N2CCC(C(O)CN3CCS(=O)(=O)CC3)CC2)nc(N)n1. The summed E-state index contributed by atoms with van der Waals surface area (Å²) in [4.78, 5) is 12.6. The Morgan fingerprint density at radius 1 is 1.24 bits per heavy atom. The average Bonchev–Trinajstić information content (AvgIpc) is 2.56. The van der Waals surface area contributed by atoms with Crippen LogP contribution in [0.15, 0.2) is 6.07 Å². The molecule has 1 atom stereocenters. The summed E-state index contributed by atoms with van der Waals surface area (Å²) < 4.78 is 23.0. The maximum atomic E-state index is 11.5. The second-order valence-electron chi connectivity index (χ2n) is 7.07. The van der Waals surface area contributed by atoms with Crippen LogP contribution < -0.4 is 10.6 Å². The monoisotopic (exact) mass is 369 g/mol. The minimum absolute atomic E-state index is 0.201. The van der Waals surface area contributed by atoms with Crippen LogP contribution in [0, 0.1) is 12.8 Å². The zero-order chi connectivity index (χ0) is 18.0. The number of rotatable bonds is 4. The van der Waals surface area contributed by atoms with Crippen molar-refractivity contribution in [3.63, 3.8) is 0 Å². The molecular weight excluding hydrogens is 342 g/mol. The largest absolute Gasteiger partial charge is 0.392 e. The van der Waals surface area contributed by atoms with Gasteiger partial charge in [0.1, 0.15) is 5.82 Å². The number of nitrogen functional groups attached to an aromatic ring is 1. The third-order valence-corrected chi connectivity index (χ3v) is 6.76. The van der Waals surface area contributed by atoms with Gasteiger partial charge in [-0.05, 0) is 25.7 Å². The third kappa shape index (κ3) is 4.80. The highest BCUT2D eigenvalue weighted by Gasteiger charge is 2.29. The number of nitrogens with two attached hydrogens (primary N) is 1.